The Bertz CT molecular complexity index is 1310. The van der Waals surface area contributed by atoms with Gasteiger partial charge in [-0.1, -0.05) is 18.2 Å². The number of nitrogens with zero attached hydrogens (tertiary/aromatic N) is 2. The van der Waals surface area contributed by atoms with Gasteiger partial charge in [0.15, 0.2) is 0 Å². The van der Waals surface area contributed by atoms with E-state index in [-0.39, 0.29) is 34.1 Å². The Hall–Kier alpha value is -3.41. The largest absolute Gasteiger partial charge is 0.350 e. The van der Waals surface area contributed by atoms with Crippen molar-refractivity contribution in [1.82, 2.24) is 9.47 Å². The number of likely N-dealkylation sites (tertiary alicyclic amines) is 1. The summed E-state index contributed by atoms with van der Waals surface area (Å²) in [6.07, 6.45) is 4.09. The number of rotatable bonds is 3. The molecule has 0 radical (unpaired) electrons. The number of piperidine rings is 1. The average molecular weight is 444 g/mol. The Morgan fingerprint density at radius 1 is 1.03 bits per heavy atom. The second-order valence-electron chi connectivity index (χ2n) is 9.78. The van der Waals surface area contributed by atoms with Crippen LogP contribution in [0, 0.1) is 25.2 Å². The van der Waals surface area contributed by atoms with Crippen LogP contribution in [0.2, 0.25) is 0 Å². The SMILES string of the molecule is Cc1cc(C)cc(NC(=O)[C@H]2CC23CCN(C(=O)c2cn(C)c4ccccc4c2=O)CC3)c1. The molecule has 33 heavy (non-hydrogen) atoms. The smallest absolute Gasteiger partial charge is 0.259 e. The number of fused-ring (bicyclic) bond motifs is 1. The van der Waals surface area contributed by atoms with Gasteiger partial charge >= 0.3 is 0 Å². The molecule has 5 rings (SSSR count). The van der Waals surface area contributed by atoms with Crippen molar-refractivity contribution in [1.29, 1.82) is 0 Å². The van der Waals surface area contributed by atoms with Gasteiger partial charge in [0.2, 0.25) is 11.3 Å². The number of para-hydroxylation sites is 1. The molecule has 1 aliphatic heterocycles. The standard InChI is InChI=1S/C27H29N3O3/c1-17-12-18(2)14-19(13-17)28-25(32)22-15-27(22)8-10-30(11-9-27)26(33)21-16-29(3)23-7-5-4-6-20(23)24(21)31/h4-7,12-14,16,22H,8-11,15H2,1-3H3,(H,28,32)/t22-/m1/s1. The maximum absolute atomic E-state index is 13.2. The maximum Gasteiger partial charge on any atom is 0.259 e. The van der Waals surface area contributed by atoms with Crippen molar-refractivity contribution in [2.45, 2.75) is 33.1 Å². The number of anilines is 1. The van der Waals surface area contributed by atoms with Crippen LogP contribution in [-0.2, 0) is 11.8 Å². The first-order chi connectivity index (χ1) is 15.8. The number of aromatic nitrogens is 1. The molecule has 2 aliphatic rings. The van der Waals surface area contributed by atoms with Crippen molar-refractivity contribution < 1.29 is 9.59 Å². The van der Waals surface area contributed by atoms with Crippen molar-refractivity contribution in [3.05, 3.63) is 75.6 Å². The Kier molecular flexibility index (Phi) is 5.11. The van der Waals surface area contributed by atoms with E-state index < -0.39 is 0 Å². The van der Waals surface area contributed by atoms with Crippen LogP contribution in [0.5, 0.6) is 0 Å². The summed E-state index contributed by atoms with van der Waals surface area (Å²) in [5.41, 5.74) is 3.89. The number of carbonyl (C=O) groups excluding carboxylic acids is 2. The lowest BCUT2D eigenvalue weighted by Gasteiger charge is -2.33. The molecule has 1 atom stereocenters. The molecule has 170 valence electrons. The first-order valence-corrected chi connectivity index (χ1v) is 11.5. The van der Waals surface area contributed by atoms with Crippen molar-refractivity contribution >= 4 is 28.4 Å². The third-order valence-electron chi connectivity index (χ3n) is 7.37. The van der Waals surface area contributed by atoms with E-state index in [1.165, 1.54) is 0 Å². The van der Waals surface area contributed by atoms with Crippen LogP contribution >= 0.6 is 0 Å². The van der Waals surface area contributed by atoms with E-state index in [2.05, 4.69) is 11.4 Å². The number of benzene rings is 2. The normalized spacial score (nSPS) is 19.0. The molecule has 6 heteroatoms. The van der Waals surface area contributed by atoms with Gasteiger partial charge in [0.25, 0.3) is 5.91 Å². The summed E-state index contributed by atoms with van der Waals surface area (Å²) in [7, 11) is 1.85. The Balaban J connectivity index is 1.26. The minimum Gasteiger partial charge on any atom is -0.350 e. The van der Waals surface area contributed by atoms with Gasteiger partial charge in [0, 0.05) is 43.3 Å². The fraction of sp³-hybridized carbons (Fsp3) is 0.370. The fourth-order valence-electron chi connectivity index (χ4n) is 5.47. The van der Waals surface area contributed by atoms with Gasteiger partial charge in [-0.15, -0.1) is 0 Å². The number of aryl methyl sites for hydroxylation is 3. The molecule has 6 nitrogen and oxygen atoms in total. The summed E-state index contributed by atoms with van der Waals surface area (Å²) in [6.45, 7) is 5.19. The molecule has 1 spiro atoms. The van der Waals surface area contributed by atoms with Gasteiger partial charge in [-0.25, -0.2) is 0 Å². The molecular formula is C27H29N3O3. The summed E-state index contributed by atoms with van der Waals surface area (Å²) in [5.74, 6) is -0.152. The molecule has 2 fully saturated rings. The third-order valence-corrected chi connectivity index (χ3v) is 7.37. The number of hydrogen-bond acceptors (Lipinski definition) is 3. The van der Waals surface area contributed by atoms with Crippen LogP contribution in [0.15, 0.2) is 53.5 Å². The summed E-state index contributed by atoms with van der Waals surface area (Å²) >= 11 is 0. The molecule has 1 N–H and O–H groups in total. The van der Waals surface area contributed by atoms with Crippen LogP contribution in [0.4, 0.5) is 5.69 Å². The summed E-state index contributed by atoms with van der Waals surface area (Å²) < 4.78 is 1.84. The quantitative estimate of drug-likeness (QED) is 0.664. The number of pyridine rings is 1. The number of amides is 2. The van der Waals surface area contributed by atoms with Crippen molar-refractivity contribution in [3.8, 4) is 0 Å². The lowest BCUT2D eigenvalue weighted by molar-refractivity contribution is -0.118. The predicted octanol–water partition coefficient (Wildman–Crippen LogP) is 4.04. The fourth-order valence-corrected chi connectivity index (χ4v) is 5.47. The van der Waals surface area contributed by atoms with Gasteiger partial charge in [-0.05, 0) is 73.9 Å². The monoisotopic (exact) mass is 443 g/mol. The minimum absolute atomic E-state index is 0.0101. The van der Waals surface area contributed by atoms with Crippen LogP contribution in [-0.4, -0.2) is 34.4 Å². The van der Waals surface area contributed by atoms with E-state index in [1.807, 2.05) is 55.8 Å². The Labute approximate surface area is 193 Å². The topological polar surface area (TPSA) is 71.4 Å². The van der Waals surface area contributed by atoms with Gasteiger partial charge in [-0.3, -0.25) is 14.4 Å². The lowest BCUT2D eigenvalue weighted by Crippen LogP contribution is -2.42. The van der Waals surface area contributed by atoms with E-state index in [9.17, 15) is 14.4 Å². The molecule has 0 bridgehead atoms. The van der Waals surface area contributed by atoms with Gasteiger partial charge < -0.3 is 14.8 Å². The van der Waals surface area contributed by atoms with Gasteiger partial charge in [0.1, 0.15) is 5.56 Å². The van der Waals surface area contributed by atoms with E-state index in [0.717, 1.165) is 41.6 Å². The predicted molar refractivity (Wildman–Crippen MR) is 129 cm³/mol. The second-order valence-corrected chi connectivity index (χ2v) is 9.78. The molecule has 0 unspecified atom stereocenters. The number of nitrogens with one attached hydrogen (secondary N) is 1. The van der Waals surface area contributed by atoms with Crippen molar-refractivity contribution in [2.75, 3.05) is 18.4 Å². The molecule has 1 saturated carbocycles. The van der Waals surface area contributed by atoms with Crippen LogP contribution in [0.1, 0.15) is 40.7 Å². The lowest BCUT2D eigenvalue weighted by atomic mass is 9.90. The molecule has 2 amide bonds. The zero-order chi connectivity index (χ0) is 23.3. The summed E-state index contributed by atoms with van der Waals surface area (Å²) in [4.78, 5) is 40.8. The highest BCUT2D eigenvalue weighted by atomic mass is 16.2. The zero-order valence-corrected chi connectivity index (χ0v) is 19.4. The van der Waals surface area contributed by atoms with Crippen molar-refractivity contribution in [2.24, 2.45) is 18.4 Å². The third kappa shape index (κ3) is 3.84. The average Bonchev–Trinajstić information content (AvgIpc) is 3.49. The molecule has 1 saturated heterocycles. The highest BCUT2D eigenvalue weighted by Crippen LogP contribution is 2.59. The van der Waals surface area contributed by atoms with E-state index in [0.29, 0.717) is 18.5 Å². The summed E-state index contributed by atoms with van der Waals surface area (Å²) in [6, 6.07) is 13.4. The molecular weight excluding hydrogens is 414 g/mol. The molecule has 2 heterocycles. The molecule has 1 aromatic heterocycles. The zero-order valence-electron chi connectivity index (χ0n) is 19.4. The summed E-state index contributed by atoms with van der Waals surface area (Å²) in [5, 5.41) is 3.64. The Morgan fingerprint density at radius 3 is 2.39 bits per heavy atom. The first kappa shape index (κ1) is 21.4. The Morgan fingerprint density at radius 2 is 1.70 bits per heavy atom. The van der Waals surface area contributed by atoms with Crippen LogP contribution in [0.25, 0.3) is 10.9 Å². The number of hydrogen-bond donors (Lipinski definition) is 1. The molecule has 1 aliphatic carbocycles. The number of carbonyl (C=O) groups is 2. The first-order valence-electron chi connectivity index (χ1n) is 11.5. The van der Waals surface area contributed by atoms with Gasteiger partial charge in [0.05, 0.1) is 5.52 Å². The van der Waals surface area contributed by atoms with Crippen LogP contribution in [0.3, 0.4) is 0 Å². The van der Waals surface area contributed by atoms with Crippen molar-refractivity contribution in [3.63, 3.8) is 0 Å². The molecule has 2 aromatic carbocycles. The minimum atomic E-state index is -0.217. The highest BCUT2D eigenvalue weighted by molar-refractivity contribution is 5.98. The highest BCUT2D eigenvalue weighted by Gasteiger charge is 2.58. The van der Waals surface area contributed by atoms with Gasteiger partial charge in [-0.2, -0.15) is 0 Å². The van der Waals surface area contributed by atoms with Crippen LogP contribution < -0.4 is 10.7 Å². The van der Waals surface area contributed by atoms with E-state index >= 15 is 0 Å². The van der Waals surface area contributed by atoms with E-state index in [4.69, 9.17) is 0 Å². The maximum atomic E-state index is 13.2. The molecule has 3 aromatic rings. The van der Waals surface area contributed by atoms with E-state index in [1.54, 1.807) is 17.2 Å². The second kappa shape index (κ2) is 7.87.